The van der Waals surface area contributed by atoms with Crippen LogP contribution in [0.1, 0.15) is 11.1 Å². The van der Waals surface area contributed by atoms with Gasteiger partial charge in [0, 0.05) is 11.1 Å². The van der Waals surface area contributed by atoms with E-state index in [1.165, 1.54) is 24.2 Å². The first kappa shape index (κ1) is 13.5. The van der Waals surface area contributed by atoms with Crippen molar-refractivity contribution in [2.24, 2.45) is 5.73 Å². The summed E-state index contributed by atoms with van der Waals surface area (Å²) in [6.07, 6.45) is 2.52. The zero-order chi connectivity index (χ0) is 14.7. The number of nitrogens with one attached hydrogen (secondary N) is 1. The van der Waals surface area contributed by atoms with Crippen LogP contribution in [0.15, 0.2) is 30.6 Å². The van der Waals surface area contributed by atoms with Gasteiger partial charge in [-0.05, 0) is 18.2 Å². The number of ether oxygens (including phenoxy) is 1. The van der Waals surface area contributed by atoms with Crippen LogP contribution < -0.4 is 10.5 Å². The van der Waals surface area contributed by atoms with E-state index in [-0.39, 0.29) is 18.1 Å². The molecule has 8 nitrogen and oxygen atoms in total. The Morgan fingerprint density at radius 3 is 2.90 bits per heavy atom. The molecular weight excluding hydrogens is 262 g/mol. The molecule has 1 aromatic carbocycles. The van der Waals surface area contributed by atoms with Crippen molar-refractivity contribution in [1.29, 1.82) is 5.41 Å². The van der Waals surface area contributed by atoms with Gasteiger partial charge in [0.1, 0.15) is 24.0 Å². The van der Waals surface area contributed by atoms with Crippen molar-refractivity contribution in [3.63, 3.8) is 0 Å². The van der Waals surface area contributed by atoms with Crippen molar-refractivity contribution in [3.8, 4) is 5.75 Å². The Balaban J connectivity index is 2.32. The van der Waals surface area contributed by atoms with Crippen LogP contribution in [0.3, 0.4) is 0 Å². The standard InChI is InChI=1S/C12H13N5O3/c1-20-11-3-2-8(12(13)14)4-9(11)6-16-7-10(5-15-16)17(18)19/h2-5,7H,6H2,1H3,(H3,13,14). The normalized spacial score (nSPS) is 10.2. The number of nitrogens with two attached hydrogens (primary N) is 1. The molecule has 1 heterocycles. The lowest BCUT2D eigenvalue weighted by Gasteiger charge is -2.10. The lowest BCUT2D eigenvalue weighted by molar-refractivity contribution is -0.385. The Morgan fingerprint density at radius 1 is 1.60 bits per heavy atom. The smallest absolute Gasteiger partial charge is 0.307 e. The van der Waals surface area contributed by atoms with Gasteiger partial charge in [0.2, 0.25) is 0 Å². The number of hydrogen-bond donors (Lipinski definition) is 2. The summed E-state index contributed by atoms with van der Waals surface area (Å²) in [7, 11) is 1.53. The van der Waals surface area contributed by atoms with Crippen LogP contribution in [-0.4, -0.2) is 27.6 Å². The molecule has 2 aromatic rings. The summed E-state index contributed by atoms with van der Waals surface area (Å²) in [6, 6.07) is 5.08. The zero-order valence-electron chi connectivity index (χ0n) is 10.7. The lowest BCUT2D eigenvalue weighted by atomic mass is 10.1. The van der Waals surface area contributed by atoms with Crippen LogP contribution in [0.25, 0.3) is 0 Å². The highest BCUT2D eigenvalue weighted by molar-refractivity contribution is 5.95. The maximum atomic E-state index is 10.6. The van der Waals surface area contributed by atoms with E-state index in [1.807, 2.05) is 0 Å². The van der Waals surface area contributed by atoms with Crippen molar-refractivity contribution < 1.29 is 9.66 Å². The number of nitrogens with zero attached hydrogens (tertiary/aromatic N) is 3. The van der Waals surface area contributed by atoms with Crippen molar-refractivity contribution in [2.45, 2.75) is 6.54 Å². The van der Waals surface area contributed by atoms with Gasteiger partial charge in [0.05, 0.1) is 18.6 Å². The van der Waals surface area contributed by atoms with E-state index in [0.29, 0.717) is 11.3 Å². The van der Waals surface area contributed by atoms with Crippen molar-refractivity contribution >= 4 is 11.5 Å². The Hall–Kier alpha value is -2.90. The number of methoxy groups -OCH3 is 1. The minimum atomic E-state index is -0.507. The molecule has 2 rings (SSSR count). The largest absolute Gasteiger partial charge is 0.496 e. The van der Waals surface area contributed by atoms with Crippen LogP contribution in [0.4, 0.5) is 5.69 Å². The van der Waals surface area contributed by atoms with Gasteiger partial charge >= 0.3 is 5.69 Å². The highest BCUT2D eigenvalue weighted by Crippen LogP contribution is 2.21. The summed E-state index contributed by atoms with van der Waals surface area (Å²) < 4.78 is 6.65. The Morgan fingerprint density at radius 2 is 2.35 bits per heavy atom. The quantitative estimate of drug-likeness (QED) is 0.367. The molecule has 0 amide bonds. The summed E-state index contributed by atoms with van der Waals surface area (Å²) in [5, 5.41) is 22.0. The fourth-order valence-electron chi connectivity index (χ4n) is 1.78. The van der Waals surface area contributed by atoms with Crippen LogP contribution >= 0.6 is 0 Å². The molecule has 0 bridgehead atoms. The molecule has 0 fully saturated rings. The number of nitrogen functional groups attached to an aromatic ring is 1. The van der Waals surface area contributed by atoms with Crippen LogP contribution in [0.2, 0.25) is 0 Å². The molecule has 0 saturated carbocycles. The minimum Gasteiger partial charge on any atom is -0.496 e. The van der Waals surface area contributed by atoms with Crippen LogP contribution in [0, 0.1) is 15.5 Å². The van der Waals surface area contributed by atoms with Gasteiger partial charge in [-0.15, -0.1) is 0 Å². The second kappa shape index (κ2) is 5.39. The first-order valence-electron chi connectivity index (χ1n) is 5.69. The monoisotopic (exact) mass is 275 g/mol. The van der Waals surface area contributed by atoms with Gasteiger partial charge in [0.25, 0.3) is 0 Å². The predicted octanol–water partition coefficient (Wildman–Crippen LogP) is 1.13. The third-order valence-corrected chi connectivity index (χ3v) is 2.75. The topological polar surface area (TPSA) is 120 Å². The highest BCUT2D eigenvalue weighted by Gasteiger charge is 2.11. The molecule has 0 unspecified atom stereocenters. The Labute approximate surface area is 114 Å². The van der Waals surface area contributed by atoms with E-state index < -0.39 is 4.92 Å². The second-order valence-electron chi connectivity index (χ2n) is 4.09. The van der Waals surface area contributed by atoms with E-state index in [2.05, 4.69) is 5.10 Å². The lowest BCUT2D eigenvalue weighted by Crippen LogP contribution is -2.12. The van der Waals surface area contributed by atoms with Gasteiger partial charge in [-0.25, -0.2) is 0 Å². The third-order valence-electron chi connectivity index (χ3n) is 2.75. The molecular formula is C12H13N5O3. The molecule has 0 spiro atoms. The summed E-state index contributed by atoms with van der Waals surface area (Å²) >= 11 is 0. The molecule has 0 atom stereocenters. The van der Waals surface area contributed by atoms with E-state index in [0.717, 1.165) is 5.56 Å². The van der Waals surface area contributed by atoms with Crippen molar-refractivity contribution in [3.05, 3.63) is 51.8 Å². The van der Waals surface area contributed by atoms with Crippen molar-refractivity contribution in [1.82, 2.24) is 9.78 Å². The molecule has 3 N–H and O–H groups in total. The minimum absolute atomic E-state index is 0.0552. The fourth-order valence-corrected chi connectivity index (χ4v) is 1.78. The maximum Gasteiger partial charge on any atom is 0.307 e. The molecule has 8 heteroatoms. The molecule has 0 aliphatic carbocycles. The van der Waals surface area contributed by atoms with Gasteiger partial charge < -0.3 is 10.5 Å². The molecule has 0 aliphatic heterocycles. The molecule has 20 heavy (non-hydrogen) atoms. The molecule has 0 saturated heterocycles. The average Bonchev–Trinajstić information content (AvgIpc) is 2.87. The highest BCUT2D eigenvalue weighted by atomic mass is 16.6. The molecule has 1 aromatic heterocycles. The number of benzene rings is 1. The second-order valence-corrected chi connectivity index (χ2v) is 4.09. The number of rotatable bonds is 5. The first-order valence-corrected chi connectivity index (χ1v) is 5.69. The predicted molar refractivity (Wildman–Crippen MR) is 72.0 cm³/mol. The number of nitro groups is 1. The van der Waals surface area contributed by atoms with Gasteiger partial charge in [-0.3, -0.25) is 20.2 Å². The summed E-state index contributed by atoms with van der Waals surface area (Å²) in [5.74, 6) is 0.550. The Kier molecular flexibility index (Phi) is 3.65. The Bertz CT molecular complexity index is 665. The first-order chi connectivity index (χ1) is 9.51. The number of aromatic nitrogens is 2. The molecule has 0 aliphatic rings. The van der Waals surface area contributed by atoms with Gasteiger partial charge in [0.15, 0.2) is 0 Å². The number of amidine groups is 1. The van der Waals surface area contributed by atoms with E-state index in [4.69, 9.17) is 15.9 Å². The van der Waals surface area contributed by atoms with Crippen molar-refractivity contribution in [2.75, 3.05) is 7.11 Å². The SMILES string of the molecule is COc1ccc(C(=N)N)cc1Cn1cc([N+](=O)[O-])cn1. The van der Waals surface area contributed by atoms with E-state index in [1.54, 1.807) is 18.2 Å². The van der Waals surface area contributed by atoms with Gasteiger partial charge in [-0.1, -0.05) is 0 Å². The number of hydrogen-bond acceptors (Lipinski definition) is 5. The molecule has 104 valence electrons. The summed E-state index contributed by atoms with van der Waals surface area (Å²) in [4.78, 5) is 10.1. The van der Waals surface area contributed by atoms with E-state index in [9.17, 15) is 10.1 Å². The van der Waals surface area contributed by atoms with Crippen LogP contribution in [0.5, 0.6) is 5.75 Å². The third kappa shape index (κ3) is 2.74. The summed E-state index contributed by atoms with van der Waals surface area (Å²) in [5.41, 5.74) is 6.66. The fraction of sp³-hybridized carbons (Fsp3) is 0.167. The zero-order valence-corrected chi connectivity index (χ0v) is 10.7. The molecule has 0 radical (unpaired) electrons. The average molecular weight is 275 g/mol. The summed E-state index contributed by atoms with van der Waals surface area (Å²) in [6.45, 7) is 0.290. The van der Waals surface area contributed by atoms with Crippen LogP contribution in [-0.2, 0) is 6.54 Å². The van der Waals surface area contributed by atoms with Gasteiger partial charge in [-0.2, -0.15) is 5.10 Å². The maximum absolute atomic E-state index is 10.6. The van der Waals surface area contributed by atoms with E-state index >= 15 is 0 Å².